The van der Waals surface area contributed by atoms with Crippen molar-refractivity contribution >= 4 is 33.4 Å². The summed E-state index contributed by atoms with van der Waals surface area (Å²) in [7, 11) is -3.17. The molecule has 6 heteroatoms. The highest BCUT2D eigenvalue weighted by molar-refractivity contribution is 7.99. The van der Waals surface area contributed by atoms with Gasteiger partial charge in [-0.15, -0.1) is 11.6 Å². The third-order valence-corrected chi connectivity index (χ3v) is 6.57. The molecule has 0 N–H and O–H groups in total. The van der Waals surface area contributed by atoms with E-state index >= 15 is 0 Å². The Morgan fingerprint density at radius 2 is 2.29 bits per heavy atom. The topological polar surface area (TPSA) is 37.4 Å². The molecular weight excluding hydrogens is 242 g/mol. The van der Waals surface area contributed by atoms with Crippen molar-refractivity contribution in [3.8, 4) is 0 Å². The third kappa shape index (κ3) is 2.56. The molecule has 3 nitrogen and oxygen atoms in total. The van der Waals surface area contributed by atoms with Crippen LogP contribution in [0.4, 0.5) is 0 Å². The zero-order chi connectivity index (χ0) is 10.8. The number of halogens is 1. The Kier molecular flexibility index (Phi) is 4.56. The summed E-state index contributed by atoms with van der Waals surface area (Å²) in [6.45, 7) is 4.23. The fraction of sp³-hybridized carbons (Fsp3) is 1.00. The largest absolute Gasteiger partial charge is 0.218 e. The van der Waals surface area contributed by atoms with Crippen molar-refractivity contribution in [3.05, 3.63) is 0 Å². The predicted molar refractivity (Wildman–Crippen MR) is 62.6 cm³/mol. The van der Waals surface area contributed by atoms with Gasteiger partial charge in [-0.2, -0.15) is 16.1 Å². The van der Waals surface area contributed by atoms with Crippen LogP contribution in [0, 0.1) is 0 Å². The fourth-order valence-electron chi connectivity index (χ4n) is 1.40. The molecular formula is C8H16ClNO2S2. The Morgan fingerprint density at radius 3 is 2.79 bits per heavy atom. The van der Waals surface area contributed by atoms with E-state index in [0.717, 1.165) is 11.5 Å². The Balaban J connectivity index is 2.80. The Hall–Kier alpha value is 0.550. The van der Waals surface area contributed by atoms with E-state index in [9.17, 15) is 8.42 Å². The minimum atomic E-state index is -3.17. The van der Waals surface area contributed by atoms with Gasteiger partial charge in [0, 0.05) is 30.0 Å². The SMILES string of the molecule is CC1CSCCN1S(=O)(=O)C(C)CCl. The van der Waals surface area contributed by atoms with E-state index in [2.05, 4.69) is 0 Å². The number of alkyl halides is 1. The molecule has 0 aliphatic carbocycles. The minimum Gasteiger partial charge on any atom is -0.212 e. The average molecular weight is 258 g/mol. The first-order chi connectivity index (χ1) is 6.50. The first-order valence-corrected chi connectivity index (χ1v) is 7.83. The van der Waals surface area contributed by atoms with Crippen molar-refractivity contribution in [2.45, 2.75) is 25.1 Å². The van der Waals surface area contributed by atoms with Gasteiger partial charge in [-0.1, -0.05) is 0 Å². The van der Waals surface area contributed by atoms with Gasteiger partial charge in [-0.3, -0.25) is 0 Å². The van der Waals surface area contributed by atoms with Gasteiger partial charge < -0.3 is 0 Å². The number of rotatable bonds is 3. The van der Waals surface area contributed by atoms with Crippen LogP contribution in [0.15, 0.2) is 0 Å². The molecule has 0 radical (unpaired) electrons. The van der Waals surface area contributed by atoms with Crippen LogP contribution in [0.5, 0.6) is 0 Å². The molecule has 1 aliphatic rings. The number of sulfonamides is 1. The molecule has 84 valence electrons. The van der Waals surface area contributed by atoms with E-state index in [0.29, 0.717) is 6.54 Å². The highest BCUT2D eigenvalue weighted by Gasteiger charge is 2.33. The summed E-state index contributed by atoms with van der Waals surface area (Å²) in [4.78, 5) is 0. The van der Waals surface area contributed by atoms with Gasteiger partial charge >= 0.3 is 0 Å². The van der Waals surface area contributed by atoms with Gasteiger partial charge in [-0.25, -0.2) is 8.42 Å². The summed E-state index contributed by atoms with van der Waals surface area (Å²) in [6.07, 6.45) is 0. The molecule has 0 aromatic carbocycles. The van der Waals surface area contributed by atoms with Gasteiger partial charge in [0.2, 0.25) is 10.0 Å². The molecule has 0 bridgehead atoms. The summed E-state index contributed by atoms with van der Waals surface area (Å²) in [5.74, 6) is 1.94. The summed E-state index contributed by atoms with van der Waals surface area (Å²) >= 11 is 7.40. The summed E-state index contributed by atoms with van der Waals surface area (Å²) in [6, 6.07) is 0.101. The minimum absolute atomic E-state index is 0.101. The Morgan fingerprint density at radius 1 is 1.64 bits per heavy atom. The van der Waals surface area contributed by atoms with Crippen molar-refractivity contribution in [2.75, 3.05) is 23.9 Å². The van der Waals surface area contributed by atoms with Crippen molar-refractivity contribution in [3.63, 3.8) is 0 Å². The van der Waals surface area contributed by atoms with Gasteiger partial charge in [0.1, 0.15) is 0 Å². The zero-order valence-corrected chi connectivity index (χ0v) is 10.8. The van der Waals surface area contributed by atoms with Crippen LogP contribution in [-0.4, -0.2) is 47.9 Å². The standard InChI is InChI=1S/C8H16ClNO2S2/c1-7-6-13-4-3-10(7)14(11,12)8(2)5-9/h7-8H,3-6H2,1-2H3. The van der Waals surface area contributed by atoms with Gasteiger partial charge in [0.25, 0.3) is 0 Å². The lowest BCUT2D eigenvalue weighted by Crippen LogP contribution is -2.48. The van der Waals surface area contributed by atoms with Crippen LogP contribution >= 0.6 is 23.4 Å². The number of nitrogens with zero attached hydrogens (tertiary/aromatic N) is 1. The second-order valence-electron chi connectivity index (χ2n) is 3.54. The molecule has 2 unspecified atom stereocenters. The van der Waals surface area contributed by atoms with Crippen LogP contribution in [0.2, 0.25) is 0 Å². The van der Waals surface area contributed by atoms with E-state index in [1.807, 2.05) is 6.92 Å². The second kappa shape index (κ2) is 5.05. The first-order valence-electron chi connectivity index (χ1n) is 4.64. The molecule has 1 aliphatic heterocycles. The molecule has 14 heavy (non-hydrogen) atoms. The number of hydrogen-bond donors (Lipinski definition) is 0. The molecule has 1 fully saturated rings. The quantitative estimate of drug-likeness (QED) is 0.717. The van der Waals surface area contributed by atoms with Crippen LogP contribution in [0.3, 0.4) is 0 Å². The molecule has 1 rings (SSSR count). The van der Waals surface area contributed by atoms with Crippen molar-refractivity contribution < 1.29 is 8.42 Å². The van der Waals surface area contributed by atoms with E-state index in [-0.39, 0.29) is 11.9 Å². The lowest BCUT2D eigenvalue weighted by molar-refractivity contribution is 0.364. The first kappa shape index (κ1) is 12.6. The van der Waals surface area contributed by atoms with Crippen molar-refractivity contribution in [2.24, 2.45) is 0 Å². The van der Waals surface area contributed by atoms with E-state index in [4.69, 9.17) is 11.6 Å². The third-order valence-electron chi connectivity index (χ3n) is 2.36. The van der Waals surface area contributed by atoms with E-state index < -0.39 is 15.3 Å². The van der Waals surface area contributed by atoms with Gasteiger partial charge in [0.15, 0.2) is 0 Å². The van der Waals surface area contributed by atoms with E-state index in [1.54, 1.807) is 23.0 Å². The van der Waals surface area contributed by atoms with Crippen LogP contribution in [0.25, 0.3) is 0 Å². The highest BCUT2D eigenvalue weighted by atomic mass is 35.5. The average Bonchev–Trinajstić information content (AvgIpc) is 2.17. The number of hydrogen-bond acceptors (Lipinski definition) is 3. The predicted octanol–water partition coefficient (Wildman–Crippen LogP) is 1.38. The number of thioether (sulfide) groups is 1. The van der Waals surface area contributed by atoms with Crippen LogP contribution in [-0.2, 0) is 10.0 Å². The molecule has 1 saturated heterocycles. The maximum atomic E-state index is 12.0. The van der Waals surface area contributed by atoms with Crippen LogP contribution < -0.4 is 0 Å². The van der Waals surface area contributed by atoms with Gasteiger partial charge in [-0.05, 0) is 13.8 Å². The fourth-order valence-corrected chi connectivity index (χ4v) is 4.65. The Bertz CT molecular complexity index is 281. The smallest absolute Gasteiger partial charge is 0.212 e. The summed E-state index contributed by atoms with van der Waals surface area (Å²) in [5, 5.41) is -0.477. The lowest BCUT2D eigenvalue weighted by Gasteiger charge is -2.33. The molecule has 0 amide bonds. The molecule has 0 aromatic rings. The monoisotopic (exact) mass is 257 g/mol. The lowest BCUT2D eigenvalue weighted by atomic mass is 10.4. The normalized spacial score (nSPS) is 27.5. The highest BCUT2D eigenvalue weighted by Crippen LogP contribution is 2.22. The van der Waals surface area contributed by atoms with Gasteiger partial charge in [0.05, 0.1) is 5.25 Å². The maximum Gasteiger partial charge on any atom is 0.218 e. The second-order valence-corrected chi connectivity index (χ2v) is 7.31. The molecule has 2 atom stereocenters. The van der Waals surface area contributed by atoms with Crippen molar-refractivity contribution in [1.82, 2.24) is 4.31 Å². The summed E-state index contributed by atoms with van der Waals surface area (Å²) in [5.41, 5.74) is 0. The molecule has 0 spiro atoms. The molecule has 0 aromatic heterocycles. The maximum absolute atomic E-state index is 12.0. The van der Waals surface area contributed by atoms with E-state index in [1.165, 1.54) is 0 Å². The van der Waals surface area contributed by atoms with Crippen molar-refractivity contribution in [1.29, 1.82) is 0 Å². The Labute approximate surface area is 95.2 Å². The zero-order valence-electron chi connectivity index (χ0n) is 8.44. The summed E-state index contributed by atoms with van der Waals surface area (Å²) < 4.78 is 25.5. The molecule has 1 heterocycles. The van der Waals surface area contributed by atoms with Crippen LogP contribution in [0.1, 0.15) is 13.8 Å². The molecule has 0 saturated carbocycles.